The number of amides is 1. The third-order valence-corrected chi connectivity index (χ3v) is 2.97. The number of nitrogens with one attached hydrogen (secondary N) is 3. The van der Waals surface area contributed by atoms with Crippen LogP contribution in [0.15, 0.2) is 36.5 Å². The highest BCUT2D eigenvalue weighted by molar-refractivity contribution is 5.97. The van der Waals surface area contributed by atoms with E-state index in [9.17, 15) is 4.79 Å². The molecule has 0 bridgehead atoms. The zero-order valence-corrected chi connectivity index (χ0v) is 10.1. The van der Waals surface area contributed by atoms with Crippen molar-refractivity contribution >= 4 is 22.6 Å². The fourth-order valence-corrected chi connectivity index (χ4v) is 1.93. The fraction of sp³-hybridized carbons (Fsp3) is 0.0769. The molecule has 0 spiro atoms. The summed E-state index contributed by atoms with van der Waals surface area (Å²) in [5.74, 6) is 0.300. The smallest absolute Gasteiger partial charge is 0.267 e. The number of hydrogen-bond acceptors (Lipinski definition) is 3. The maximum absolute atomic E-state index is 12.0. The second kappa shape index (κ2) is 4.49. The number of carbonyl (C=O) groups excluding carboxylic acids is 1. The van der Waals surface area contributed by atoms with Crippen LogP contribution in [-0.4, -0.2) is 21.1 Å². The summed E-state index contributed by atoms with van der Waals surface area (Å²) in [6.07, 6.45) is 1.60. The van der Waals surface area contributed by atoms with E-state index in [0.29, 0.717) is 18.1 Å². The summed E-state index contributed by atoms with van der Waals surface area (Å²) in [7, 11) is 0. The summed E-state index contributed by atoms with van der Waals surface area (Å²) in [5, 5.41) is 10.2. The summed E-state index contributed by atoms with van der Waals surface area (Å²) in [6.45, 7) is 0.344. The predicted octanol–water partition coefficient (Wildman–Crippen LogP) is 1.40. The number of rotatable bonds is 3. The number of nitrogens with two attached hydrogens (primary N) is 1. The maximum atomic E-state index is 12.0. The van der Waals surface area contributed by atoms with E-state index in [2.05, 4.69) is 20.5 Å². The first kappa shape index (κ1) is 11.3. The maximum Gasteiger partial charge on any atom is 0.267 e. The molecule has 0 saturated carbocycles. The Kier molecular flexibility index (Phi) is 2.68. The van der Waals surface area contributed by atoms with Gasteiger partial charge in [-0.3, -0.25) is 9.89 Å². The normalized spacial score (nSPS) is 10.7. The lowest BCUT2D eigenvalue weighted by Gasteiger charge is -2.02. The molecule has 0 aliphatic carbocycles. The largest absolute Gasteiger partial charge is 0.384 e. The minimum atomic E-state index is -0.170. The van der Waals surface area contributed by atoms with E-state index >= 15 is 0 Å². The number of H-pyrrole nitrogens is 2. The third-order valence-electron chi connectivity index (χ3n) is 2.97. The molecule has 0 fully saturated rings. The summed E-state index contributed by atoms with van der Waals surface area (Å²) < 4.78 is 0. The number of para-hydroxylation sites is 1. The highest BCUT2D eigenvalue weighted by atomic mass is 16.1. The van der Waals surface area contributed by atoms with Gasteiger partial charge in [-0.15, -0.1) is 0 Å². The lowest BCUT2D eigenvalue weighted by atomic mass is 10.2. The van der Waals surface area contributed by atoms with Crippen molar-refractivity contribution in [2.45, 2.75) is 6.54 Å². The zero-order chi connectivity index (χ0) is 13.2. The lowest BCUT2D eigenvalue weighted by Crippen LogP contribution is -2.23. The minimum absolute atomic E-state index is 0.170. The van der Waals surface area contributed by atoms with Crippen molar-refractivity contribution in [1.82, 2.24) is 20.5 Å². The van der Waals surface area contributed by atoms with E-state index in [1.54, 1.807) is 6.20 Å². The van der Waals surface area contributed by atoms with Crippen LogP contribution in [0.5, 0.6) is 0 Å². The van der Waals surface area contributed by atoms with Crippen LogP contribution in [0.4, 0.5) is 5.82 Å². The van der Waals surface area contributed by atoms with Crippen molar-refractivity contribution in [3.63, 3.8) is 0 Å². The first-order valence-corrected chi connectivity index (χ1v) is 5.88. The number of nitrogen functional groups attached to an aromatic ring is 1. The van der Waals surface area contributed by atoms with Gasteiger partial charge in [0.1, 0.15) is 11.5 Å². The average molecular weight is 255 g/mol. The monoisotopic (exact) mass is 255 g/mol. The molecular weight excluding hydrogens is 242 g/mol. The zero-order valence-electron chi connectivity index (χ0n) is 10.1. The van der Waals surface area contributed by atoms with Gasteiger partial charge >= 0.3 is 0 Å². The molecule has 1 amide bonds. The molecular formula is C13H13N5O. The van der Waals surface area contributed by atoms with E-state index in [-0.39, 0.29) is 5.91 Å². The van der Waals surface area contributed by atoms with Crippen LogP contribution in [0.1, 0.15) is 16.1 Å². The van der Waals surface area contributed by atoms with Crippen molar-refractivity contribution in [3.8, 4) is 0 Å². The van der Waals surface area contributed by atoms with Crippen LogP contribution in [0.3, 0.4) is 0 Å². The van der Waals surface area contributed by atoms with Crippen LogP contribution in [0, 0.1) is 0 Å². The van der Waals surface area contributed by atoms with Gasteiger partial charge in [0.15, 0.2) is 0 Å². The summed E-state index contributed by atoms with van der Waals surface area (Å²) >= 11 is 0. The number of aromatic nitrogens is 3. The molecule has 0 saturated heterocycles. The number of fused-ring (bicyclic) bond motifs is 1. The van der Waals surface area contributed by atoms with Gasteiger partial charge in [-0.05, 0) is 12.1 Å². The number of hydrogen-bond donors (Lipinski definition) is 4. The molecule has 6 heteroatoms. The van der Waals surface area contributed by atoms with Crippen LogP contribution < -0.4 is 11.1 Å². The number of aromatic amines is 2. The molecule has 5 N–H and O–H groups in total. The highest BCUT2D eigenvalue weighted by Crippen LogP contribution is 2.14. The van der Waals surface area contributed by atoms with E-state index in [0.717, 1.165) is 16.5 Å². The quantitative estimate of drug-likeness (QED) is 0.569. The molecule has 3 aromatic rings. The number of anilines is 1. The SMILES string of the molecule is Nc1[nH]ncc1CNC(=O)c1cc2ccccc2[nH]1. The molecule has 0 radical (unpaired) electrons. The summed E-state index contributed by atoms with van der Waals surface area (Å²) in [4.78, 5) is 15.1. The van der Waals surface area contributed by atoms with Gasteiger partial charge in [-0.1, -0.05) is 18.2 Å². The van der Waals surface area contributed by atoms with Gasteiger partial charge in [0, 0.05) is 23.0 Å². The molecule has 19 heavy (non-hydrogen) atoms. The minimum Gasteiger partial charge on any atom is -0.384 e. The van der Waals surface area contributed by atoms with Gasteiger partial charge in [-0.2, -0.15) is 5.10 Å². The average Bonchev–Trinajstić information content (AvgIpc) is 3.01. The van der Waals surface area contributed by atoms with Gasteiger partial charge in [0.05, 0.1) is 6.20 Å². The highest BCUT2D eigenvalue weighted by Gasteiger charge is 2.10. The Morgan fingerprint density at radius 2 is 2.21 bits per heavy atom. The Balaban J connectivity index is 1.75. The van der Waals surface area contributed by atoms with E-state index in [1.165, 1.54) is 0 Å². The second-order valence-corrected chi connectivity index (χ2v) is 4.26. The van der Waals surface area contributed by atoms with E-state index in [1.807, 2.05) is 30.3 Å². The molecule has 0 atom stereocenters. The Morgan fingerprint density at radius 3 is 2.95 bits per heavy atom. The van der Waals surface area contributed by atoms with Crippen LogP contribution in [-0.2, 0) is 6.54 Å². The molecule has 2 heterocycles. The number of carbonyl (C=O) groups is 1. The van der Waals surface area contributed by atoms with Gasteiger partial charge in [-0.25, -0.2) is 0 Å². The molecule has 2 aromatic heterocycles. The van der Waals surface area contributed by atoms with Crippen molar-refractivity contribution in [1.29, 1.82) is 0 Å². The molecule has 0 aliphatic heterocycles. The molecule has 96 valence electrons. The van der Waals surface area contributed by atoms with Crippen molar-refractivity contribution in [3.05, 3.63) is 47.8 Å². The second-order valence-electron chi connectivity index (χ2n) is 4.26. The molecule has 0 unspecified atom stereocenters. The van der Waals surface area contributed by atoms with E-state index < -0.39 is 0 Å². The van der Waals surface area contributed by atoms with Gasteiger partial charge in [0.25, 0.3) is 5.91 Å². The van der Waals surface area contributed by atoms with Crippen LogP contribution in [0.2, 0.25) is 0 Å². The van der Waals surface area contributed by atoms with Crippen molar-refractivity contribution in [2.24, 2.45) is 0 Å². The third kappa shape index (κ3) is 2.15. The number of benzene rings is 1. The summed E-state index contributed by atoms with van der Waals surface area (Å²) in [6, 6.07) is 9.57. The van der Waals surface area contributed by atoms with E-state index in [4.69, 9.17) is 5.73 Å². The number of nitrogens with zero attached hydrogens (tertiary/aromatic N) is 1. The van der Waals surface area contributed by atoms with Crippen molar-refractivity contribution < 1.29 is 4.79 Å². The Bertz CT molecular complexity index is 694. The topological polar surface area (TPSA) is 99.6 Å². The standard InChI is InChI=1S/C13H13N5O/c14-12-9(7-16-18-12)6-15-13(19)11-5-8-3-1-2-4-10(8)17-11/h1-5,7,17H,6H2,(H,15,19)(H3,14,16,18). The first-order valence-electron chi connectivity index (χ1n) is 5.88. The molecule has 6 nitrogen and oxygen atoms in total. The molecule has 1 aromatic carbocycles. The predicted molar refractivity (Wildman–Crippen MR) is 72.5 cm³/mol. The van der Waals surface area contributed by atoms with Crippen LogP contribution in [0.25, 0.3) is 10.9 Å². The molecule has 0 aliphatic rings. The summed E-state index contributed by atoms with van der Waals surface area (Å²) in [5.41, 5.74) is 7.89. The lowest BCUT2D eigenvalue weighted by molar-refractivity contribution is 0.0947. The van der Waals surface area contributed by atoms with Gasteiger partial charge < -0.3 is 16.0 Å². The van der Waals surface area contributed by atoms with Gasteiger partial charge in [0.2, 0.25) is 0 Å². The first-order chi connectivity index (χ1) is 9.24. The van der Waals surface area contributed by atoms with Crippen molar-refractivity contribution in [2.75, 3.05) is 5.73 Å². The molecule has 3 rings (SSSR count). The Morgan fingerprint density at radius 1 is 1.37 bits per heavy atom. The Hall–Kier alpha value is -2.76. The van der Waals surface area contributed by atoms with Crippen LogP contribution >= 0.6 is 0 Å². The Labute approximate surface area is 109 Å². The fourth-order valence-electron chi connectivity index (χ4n) is 1.93.